The molecule has 3 rings (SSSR count). The average molecular weight is 425 g/mol. The van der Waals surface area contributed by atoms with Crippen molar-refractivity contribution in [2.24, 2.45) is 0 Å². The largest absolute Gasteiger partial charge is 0.380 e. The molecule has 0 unspecified atom stereocenters. The Hall–Kier alpha value is -3.00. The minimum atomic E-state index is -3.64. The number of nitrogens with zero attached hydrogens (tertiary/aromatic N) is 1. The van der Waals surface area contributed by atoms with Crippen LogP contribution in [0, 0.1) is 0 Å². The molecule has 0 radical (unpaired) electrons. The Morgan fingerprint density at radius 3 is 2.27 bits per heavy atom. The highest BCUT2D eigenvalue weighted by Crippen LogP contribution is 2.20. The number of hydrogen-bond acceptors (Lipinski definition) is 4. The predicted molar refractivity (Wildman–Crippen MR) is 117 cm³/mol. The smallest absolute Gasteiger partial charge is 0.255 e. The van der Waals surface area contributed by atoms with Crippen LogP contribution in [0.25, 0.3) is 0 Å². The van der Waals surface area contributed by atoms with E-state index in [0.717, 1.165) is 11.1 Å². The van der Waals surface area contributed by atoms with E-state index in [1.165, 1.54) is 16.4 Å². The third-order valence-corrected chi connectivity index (χ3v) is 6.39. The summed E-state index contributed by atoms with van der Waals surface area (Å²) in [6.45, 7) is 0.698. The summed E-state index contributed by atoms with van der Waals surface area (Å²) in [5.41, 5.74) is 2.82. The van der Waals surface area contributed by atoms with Crippen molar-refractivity contribution in [1.29, 1.82) is 0 Å². The lowest BCUT2D eigenvalue weighted by Gasteiger charge is -2.17. The number of nitrogens with one attached hydrogen (secondary N) is 1. The average Bonchev–Trinajstić information content (AvgIpc) is 2.75. The molecule has 1 amide bonds. The van der Waals surface area contributed by atoms with Gasteiger partial charge in [0.2, 0.25) is 10.0 Å². The zero-order chi connectivity index (χ0) is 21.6. The van der Waals surface area contributed by atoms with E-state index in [2.05, 4.69) is 5.32 Å². The highest BCUT2D eigenvalue weighted by atomic mass is 32.2. The highest BCUT2D eigenvalue weighted by Gasteiger charge is 2.21. The molecule has 7 heteroatoms. The van der Waals surface area contributed by atoms with Gasteiger partial charge < -0.3 is 10.1 Å². The number of hydrogen-bond donors (Lipinski definition) is 1. The van der Waals surface area contributed by atoms with E-state index in [9.17, 15) is 13.2 Å². The molecule has 0 aliphatic heterocycles. The number of carbonyl (C=O) groups is 1. The Balaban J connectivity index is 1.69. The van der Waals surface area contributed by atoms with Gasteiger partial charge in [0.15, 0.2) is 0 Å². The number of anilines is 1. The standard InChI is InChI=1S/C23H24N2O4S/c1-25(16-18-7-4-3-5-8-18)30(27,28)22-13-11-21(12-14-22)24-23(26)20-10-6-9-19(15-20)17-29-2/h3-15H,16-17H2,1-2H3,(H,24,26). The van der Waals surface area contributed by atoms with E-state index in [0.29, 0.717) is 17.9 Å². The van der Waals surface area contributed by atoms with Gasteiger partial charge in [-0.25, -0.2) is 8.42 Å². The molecule has 3 aromatic carbocycles. The van der Waals surface area contributed by atoms with Crippen LogP contribution in [-0.2, 0) is 27.9 Å². The molecule has 1 N–H and O–H groups in total. The Morgan fingerprint density at radius 1 is 0.933 bits per heavy atom. The van der Waals surface area contributed by atoms with Gasteiger partial charge in [-0.15, -0.1) is 0 Å². The van der Waals surface area contributed by atoms with Crippen LogP contribution >= 0.6 is 0 Å². The molecule has 3 aromatic rings. The number of rotatable bonds is 8. The second kappa shape index (κ2) is 9.67. The van der Waals surface area contributed by atoms with Crippen molar-refractivity contribution < 1.29 is 17.9 Å². The zero-order valence-corrected chi connectivity index (χ0v) is 17.7. The molecule has 0 saturated carbocycles. The Kier molecular flexibility index (Phi) is 6.99. The second-order valence-corrected chi connectivity index (χ2v) is 8.90. The number of benzene rings is 3. The van der Waals surface area contributed by atoms with Crippen molar-refractivity contribution in [3.05, 3.63) is 95.6 Å². The summed E-state index contributed by atoms with van der Waals surface area (Å²) >= 11 is 0. The number of amides is 1. The fourth-order valence-electron chi connectivity index (χ4n) is 2.99. The zero-order valence-electron chi connectivity index (χ0n) is 16.9. The summed E-state index contributed by atoms with van der Waals surface area (Å²) in [5, 5.41) is 2.79. The fraction of sp³-hybridized carbons (Fsp3) is 0.174. The molecule has 0 atom stereocenters. The van der Waals surface area contributed by atoms with Crippen LogP contribution in [-0.4, -0.2) is 32.8 Å². The van der Waals surface area contributed by atoms with Gasteiger partial charge in [0.1, 0.15) is 0 Å². The highest BCUT2D eigenvalue weighted by molar-refractivity contribution is 7.89. The molecule has 0 heterocycles. The lowest BCUT2D eigenvalue weighted by atomic mass is 10.1. The van der Waals surface area contributed by atoms with E-state index in [1.807, 2.05) is 36.4 Å². The monoisotopic (exact) mass is 424 g/mol. The number of ether oxygens (including phenoxy) is 1. The summed E-state index contributed by atoms with van der Waals surface area (Å²) in [5.74, 6) is -0.273. The SMILES string of the molecule is COCc1cccc(C(=O)Nc2ccc(S(=O)(=O)N(C)Cc3ccccc3)cc2)c1. The molecular formula is C23H24N2O4S. The van der Waals surface area contributed by atoms with Gasteiger partial charge in [-0.05, 0) is 47.5 Å². The van der Waals surface area contributed by atoms with Gasteiger partial charge in [-0.1, -0.05) is 42.5 Å². The summed E-state index contributed by atoms with van der Waals surface area (Å²) < 4.78 is 32.0. The van der Waals surface area contributed by atoms with Crippen molar-refractivity contribution in [1.82, 2.24) is 4.31 Å². The van der Waals surface area contributed by atoms with Crippen LogP contribution in [0.2, 0.25) is 0 Å². The van der Waals surface area contributed by atoms with E-state index in [4.69, 9.17) is 4.74 Å². The van der Waals surface area contributed by atoms with Gasteiger partial charge in [0.05, 0.1) is 11.5 Å². The van der Waals surface area contributed by atoms with E-state index in [1.54, 1.807) is 44.5 Å². The van der Waals surface area contributed by atoms with Gasteiger partial charge in [0.25, 0.3) is 5.91 Å². The van der Waals surface area contributed by atoms with Gasteiger partial charge in [-0.2, -0.15) is 4.31 Å². The number of sulfonamides is 1. The minimum Gasteiger partial charge on any atom is -0.380 e. The van der Waals surface area contributed by atoms with Crippen LogP contribution in [0.5, 0.6) is 0 Å². The summed E-state index contributed by atoms with van der Waals surface area (Å²) in [4.78, 5) is 12.7. The van der Waals surface area contributed by atoms with Gasteiger partial charge in [-0.3, -0.25) is 4.79 Å². The molecule has 0 aromatic heterocycles. The number of carbonyl (C=O) groups excluding carboxylic acids is 1. The second-order valence-electron chi connectivity index (χ2n) is 6.86. The topological polar surface area (TPSA) is 75.7 Å². The summed E-state index contributed by atoms with van der Waals surface area (Å²) in [6, 6.07) is 22.7. The lowest BCUT2D eigenvalue weighted by Crippen LogP contribution is -2.26. The third-order valence-electron chi connectivity index (χ3n) is 4.57. The van der Waals surface area contributed by atoms with E-state index >= 15 is 0 Å². The molecule has 6 nitrogen and oxygen atoms in total. The maximum atomic E-state index is 12.8. The molecule has 0 aliphatic carbocycles. The van der Waals surface area contributed by atoms with Crippen molar-refractivity contribution in [2.45, 2.75) is 18.0 Å². The Morgan fingerprint density at radius 2 is 1.60 bits per heavy atom. The van der Waals surface area contributed by atoms with E-state index < -0.39 is 10.0 Å². The maximum Gasteiger partial charge on any atom is 0.255 e. The molecule has 0 spiro atoms. The first-order chi connectivity index (χ1) is 14.4. The predicted octanol–water partition coefficient (Wildman–Crippen LogP) is 3.91. The van der Waals surface area contributed by atoms with Crippen molar-refractivity contribution in [2.75, 3.05) is 19.5 Å². The van der Waals surface area contributed by atoms with Crippen LogP contribution in [0.1, 0.15) is 21.5 Å². The first-order valence-corrected chi connectivity index (χ1v) is 10.8. The lowest BCUT2D eigenvalue weighted by molar-refractivity contribution is 0.102. The fourth-order valence-corrected chi connectivity index (χ4v) is 4.15. The first-order valence-electron chi connectivity index (χ1n) is 9.40. The summed E-state index contributed by atoms with van der Waals surface area (Å²) in [6.07, 6.45) is 0. The molecule has 0 bridgehead atoms. The van der Waals surface area contributed by atoms with Crippen molar-refractivity contribution >= 4 is 21.6 Å². The van der Waals surface area contributed by atoms with Crippen LogP contribution in [0.15, 0.2) is 83.8 Å². The Labute approximate surface area is 177 Å². The third kappa shape index (κ3) is 5.33. The van der Waals surface area contributed by atoms with Crippen LogP contribution in [0.4, 0.5) is 5.69 Å². The first kappa shape index (κ1) is 21.7. The molecule has 0 aliphatic rings. The van der Waals surface area contributed by atoms with Crippen LogP contribution in [0.3, 0.4) is 0 Å². The van der Waals surface area contributed by atoms with Crippen LogP contribution < -0.4 is 5.32 Å². The summed E-state index contributed by atoms with van der Waals surface area (Å²) in [7, 11) is -0.496. The molecule has 0 saturated heterocycles. The van der Waals surface area contributed by atoms with Gasteiger partial charge in [0, 0.05) is 32.0 Å². The molecule has 30 heavy (non-hydrogen) atoms. The van der Waals surface area contributed by atoms with E-state index in [-0.39, 0.29) is 17.3 Å². The molecular weight excluding hydrogens is 400 g/mol. The minimum absolute atomic E-state index is 0.168. The van der Waals surface area contributed by atoms with Gasteiger partial charge >= 0.3 is 0 Å². The number of methoxy groups -OCH3 is 1. The van der Waals surface area contributed by atoms with Crippen molar-refractivity contribution in [3.63, 3.8) is 0 Å². The normalized spacial score (nSPS) is 11.4. The maximum absolute atomic E-state index is 12.8. The quantitative estimate of drug-likeness (QED) is 0.595. The molecule has 0 fully saturated rings. The van der Waals surface area contributed by atoms with Crippen molar-refractivity contribution in [3.8, 4) is 0 Å². The molecule has 156 valence electrons. The Bertz CT molecular complexity index is 1100.